The Morgan fingerprint density at radius 3 is 1.58 bits per heavy atom. The van der Waals surface area contributed by atoms with Gasteiger partial charge in [0, 0.05) is 0 Å². The highest BCUT2D eigenvalue weighted by Gasteiger charge is 2.22. The van der Waals surface area contributed by atoms with Crippen molar-refractivity contribution in [3.05, 3.63) is 0 Å². The predicted octanol–water partition coefficient (Wildman–Crippen LogP) is 11.5. The molecule has 0 bridgehead atoms. The van der Waals surface area contributed by atoms with Crippen molar-refractivity contribution in [3.63, 3.8) is 0 Å². The monoisotopic (exact) mass is 437 g/mol. The van der Waals surface area contributed by atoms with Crippen molar-refractivity contribution in [2.24, 2.45) is 35.5 Å². The van der Waals surface area contributed by atoms with Gasteiger partial charge in [0.15, 0.2) is 0 Å². The van der Waals surface area contributed by atoms with Crippen LogP contribution in [-0.4, -0.2) is 0 Å². The van der Waals surface area contributed by atoms with E-state index < -0.39 is 0 Å². The van der Waals surface area contributed by atoms with E-state index in [0.29, 0.717) is 0 Å². The highest BCUT2D eigenvalue weighted by molar-refractivity contribution is 4.74. The SMILES string of the molecule is CCCCC(CCC)CCC(CC(CCC)CCCCC(C)CC)CC(CC)C(C)C. The second-order valence-corrected chi connectivity index (χ2v) is 11.6. The molecule has 5 atom stereocenters. The van der Waals surface area contributed by atoms with E-state index in [1.165, 1.54) is 109 Å². The second kappa shape index (κ2) is 20.6. The Morgan fingerprint density at radius 2 is 1.03 bits per heavy atom. The maximum atomic E-state index is 2.46. The molecule has 0 radical (unpaired) electrons. The zero-order valence-electron chi connectivity index (χ0n) is 23.5. The molecule has 0 aromatic heterocycles. The first kappa shape index (κ1) is 31.0. The van der Waals surface area contributed by atoms with Crippen molar-refractivity contribution < 1.29 is 0 Å². The summed E-state index contributed by atoms with van der Waals surface area (Å²) in [6.45, 7) is 19.3. The molecule has 0 heterocycles. The summed E-state index contributed by atoms with van der Waals surface area (Å²) in [6, 6.07) is 0. The molecule has 0 heteroatoms. The molecule has 0 aliphatic heterocycles. The maximum absolute atomic E-state index is 2.46. The quantitative estimate of drug-likeness (QED) is 0.148. The normalized spacial score (nSPS) is 16.9. The molecule has 0 spiro atoms. The second-order valence-electron chi connectivity index (χ2n) is 11.6. The Labute approximate surface area is 200 Å². The lowest BCUT2D eigenvalue weighted by atomic mass is 9.76. The van der Waals surface area contributed by atoms with Crippen LogP contribution in [-0.2, 0) is 0 Å². The molecule has 0 saturated carbocycles. The summed E-state index contributed by atoms with van der Waals surface area (Å²) in [5.74, 6) is 5.65. The van der Waals surface area contributed by atoms with Gasteiger partial charge in [0.1, 0.15) is 0 Å². The van der Waals surface area contributed by atoms with Crippen LogP contribution in [0, 0.1) is 35.5 Å². The summed E-state index contributed by atoms with van der Waals surface area (Å²) < 4.78 is 0. The molecule has 0 aromatic carbocycles. The lowest BCUT2D eigenvalue weighted by Crippen LogP contribution is -2.18. The third kappa shape index (κ3) is 16.3. The zero-order chi connectivity index (χ0) is 23.5. The van der Waals surface area contributed by atoms with Gasteiger partial charge in [0.05, 0.1) is 0 Å². The van der Waals surface area contributed by atoms with Crippen LogP contribution < -0.4 is 0 Å². The van der Waals surface area contributed by atoms with Crippen molar-refractivity contribution in [2.75, 3.05) is 0 Å². The van der Waals surface area contributed by atoms with E-state index in [1.807, 2.05) is 0 Å². The van der Waals surface area contributed by atoms with Gasteiger partial charge in [0.25, 0.3) is 0 Å². The van der Waals surface area contributed by atoms with E-state index in [1.54, 1.807) is 0 Å². The standard InChI is InChI=1S/C31H64/c1-9-14-20-28(17-10-2)22-23-30(25-31(13-5)26(6)7)24-29(18-11-3)21-16-15-19-27(8)12-4/h26-31H,9-25H2,1-8H3. The highest BCUT2D eigenvalue weighted by atomic mass is 14.3. The molecule has 31 heavy (non-hydrogen) atoms. The number of hydrogen-bond acceptors (Lipinski definition) is 0. The molecule has 0 aliphatic rings. The Bertz CT molecular complexity index is 357. The van der Waals surface area contributed by atoms with Crippen LogP contribution in [0.1, 0.15) is 165 Å². The average Bonchev–Trinajstić information content (AvgIpc) is 2.75. The first-order chi connectivity index (χ1) is 14.9. The summed E-state index contributed by atoms with van der Waals surface area (Å²) in [5.41, 5.74) is 0. The molecule has 0 nitrogen and oxygen atoms in total. The molecule has 5 unspecified atom stereocenters. The fourth-order valence-electron chi connectivity index (χ4n) is 5.87. The molecule has 0 saturated heterocycles. The Morgan fingerprint density at radius 1 is 0.452 bits per heavy atom. The lowest BCUT2D eigenvalue weighted by Gasteiger charge is -2.30. The molecule has 188 valence electrons. The van der Waals surface area contributed by atoms with Crippen LogP contribution in [0.3, 0.4) is 0 Å². The van der Waals surface area contributed by atoms with E-state index >= 15 is 0 Å². The fourth-order valence-corrected chi connectivity index (χ4v) is 5.87. The van der Waals surface area contributed by atoms with Gasteiger partial charge in [-0.15, -0.1) is 0 Å². The third-order valence-electron chi connectivity index (χ3n) is 8.37. The lowest BCUT2D eigenvalue weighted by molar-refractivity contribution is 0.217. The van der Waals surface area contributed by atoms with Crippen molar-refractivity contribution in [2.45, 2.75) is 165 Å². The summed E-state index contributed by atoms with van der Waals surface area (Å²) in [6.07, 6.45) is 24.6. The largest absolute Gasteiger partial charge is 0.0654 e. The Kier molecular flexibility index (Phi) is 20.6. The zero-order valence-corrected chi connectivity index (χ0v) is 23.5. The first-order valence-corrected chi connectivity index (χ1v) is 14.9. The van der Waals surface area contributed by atoms with E-state index in [4.69, 9.17) is 0 Å². The van der Waals surface area contributed by atoms with E-state index in [9.17, 15) is 0 Å². The van der Waals surface area contributed by atoms with Crippen LogP contribution in [0.2, 0.25) is 0 Å². The molecule has 0 N–H and O–H groups in total. The van der Waals surface area contributed by atoms with E-state index in [0.717, 1.165) is 35.5 Å². The average molecular weight is 437 g/mol. The minimum Gasteiger partial charge on any atom is -0.0654 e. The van der Waals surface area contributed by atoms with Gasteiger partial charge in [-0.3, -0.25) is 0 Å². The van der Waals surface area contributed by atoms with Crippen LogP contribution in [0.4, 0.5) is 0 Å². The van der Waals surface area contributed by atoms with Gasteiger partial charge < -0.3 is 0 Å². The molecule has 0 fully saturated rings. The maximum Gasteiger partial charge on any atom is -0.0391 e. The topological polar surface area (TPSA) is 0 Å². The smallest absolute Gasteiger partial charge is 0.0391 e. The molecular weight excluding hydrogens is 372 g/mol. The molecule has 0 rings (SSSR count). The van der Waals surface area contributed by atoms with Gasteiger partial charge in [-0.25, -0.2) is 0 Å². The van der Waals surface area contributed by atoms with Gasteiger partial charge in [0.2, 0.25) is 0 Å². The Hall–Kier alpha value is 0. The van der Waals surface area contributed by atoms with Crippen molar-refractivity contribution in [1.82, 2.24) is 0 Å². The molecule has 0 aromatic rings. The number of unbranched alkanes of at least 4 members (excludes halogenated alkanes) is 2. The van der Waals surface area contributed by atoms with Gasteiger partial charge >= 0.3 is 0 Å². The van der Waals surface area contributed by atoms with Gasteiger partial charge in [-0.05, 0) is 48.3 Å². The molecule has 0 aliphatic carbocycles. The Balaban J connectivity index is 4.94. The van der Waals surface area contributed by atoms with Gasteiger partial charge in [-0.1, -0.05) is 152 Å². The minimum atomic E-state index is 0.846. The minimum absolute atomic E-state index is 0.846. The highest BCUT2D eigenvalue weighted by Crippen LogP contribution is 2.35. The van der Waals surface area contributed by atoms with E-state index in [-0.39, 0.29) is 0 Å². The number of rotatable bonds is 22. The van der Waals surface area contributed by atoms with E-state index in [2.05, 4.69) is 55.4 Å². The predicted molar refractivity (Wildman–Crippen MR) is 145 cm³/mol. The van der Waals surface area contributed by atoms with Crippen molar-refractivity contribution in [3.8, 4) is 0 Å². The summed E-state index contributed by atoms with van der Waals surface area (Å²) >= 11 is 0. The summed E-state index contributed by atoms with van der Waals surface area (Å²) in [5, 5.41) is 0. The summed E-state index contributed by atoms with van der Waals surface area (Å²) in [4.78, 5) is 0. The summed E-state index contributed by atoms with van der Waals surface area (Å²) in [7, 11) is 0. The van der Waals surface area contributed by atoms with Crippen LogP contribution in [0.15, 0.2) is 0 Å². The van der Waals surface area contributed by atoms with Crippen molar-refractivity contribution >= 4 is 0 Å². The molecular formula is C31H64. The van der Waals surface area contributed by atoms with Gasteiger partial charge in [-0.2, -0.15) is 0 Å². The fraction of sp³-hybridized carbons (Fsp3) is 1.00. The number of hydrogen-bond donors (Lipinski definition) is 0. The van der Waals surface area contributed by atoms with Crippen LogP contribution in [0.25, 0.3) is 0 Å². The van der Waals surface area contributed by atoms with Crippen LogP contribution >= 0.6 is 0 Å². The first-order valence-electron chi connectivity index (χ1n) is 14.9. The van der Waals surface area contributed by atoms with Crippen LogP contribution in [0.5, 0.6) is 0 Å². The molecule has 0 amide bonds. The third-order valence-corrected chi connectivity index (χ3v) is 8.37. The van der Waals surface area contributed by atoms with Crippen molar-refractivity contribution in [1.29, 1.82) is 0 Å².